The molecule has 30 heavy (non-hydrogen) atoms. The van der Waals surface area contributed by atoms with Gasteiger partial charge in [0.1, 0.15) is 0 Å². The third-order valence-corrected chi connectivity index (χ3v) is 6.62. The molecule has 3 nitrogen and oxygen atoms in total. The Bertz CT molecular complexity index is 1090. The summed E-state index contributed by atoms with van der Waals surface area (Å²) in [4.78, 5) is 4.15. The third kappa shape index (κ3) is 3.90. The first-order chi connectivity index (χ1) is 14.8. The molecule has 1 fully saturated rings. The molecule has 0 spiro atoms. The molecule has 1 N–H and O–H groups in total. The minimum atomic E-state index is 0.350. The predicted molar refractivity (Wildman–Crippen MR) is 124 cm³/mol. The van der Waals surface area contributed by atoms with E-state index < -0.39 is 0 Å². The maximum absolute atomic E-state index is 4.15. The normalized spacial score (nSPS) is 20.3. The zero-order valence-electron chi connectivity index (χ0n) is 17.5. The lowest BCUT2D eigenvalue weighted by Crippen LogP contribution is -2.35. The van der Waals surface area contributed by atoms with Crippen molar-refractivity contribution in [3.63, 3.8) is 0 Å². The summed E-state index contributed by atoms with van der Waals surface area (Å²) in [5, 5.41) is 6.63. The Balaban J connectivity index is 1.28. The van der Waals surface area contributed by atoms with Gasteiger partial charge in [-0.2, -0.15) is 0 Å². The van der Waals surface area contributed by atoms with E-state index >= 15 is 0 Å². The van der Waals surface area contributed by atoms with Crippen LogP contribution in [-0.2, 0) is 0 Å². The third-order valence-electron chi connectivity index (χ3n) is 6.62. The van der Waals surface area contributed by atoms with Crippen molar-refractivity contribution in [3.05, 3.63) is 96.6 Å². The zero-order valence-corrected chi connectivity index (χ0v) is 17.5. The molecule has 3 heteroatoms. The minimum Gasteiger partial charge on any atom is -0.307 e. The number of nitrogens with one attached hydrogen (secondary N) is 1. The Kier molecular flexibility index (Phi) is 5.37. The van der Waals surface area contributed by atoms with E-state index in [-0.39, 0.29) is 0 Å². The fourth-order valence-electron chi connectivity index (χ4n) is 5.05. The van der Waals surface area contributed by atoms with E-state index in [2.05, 4.69) is 88.5 Å². The highest BCUT2D eigenvalue weighted by molar-refractivity contribution is 5.86. The monoisotopic (exact) mass is 395 g/mol. The van der Waals surface area contributed by atoms with Crippen LogP contribution in [0.2, 0.25) is 0 Å². The standard InChI is InChI=1S/C27H29N3/c1-20(26-11-5-7-22-6-2-3-10-27(22)26)29-24-9-4-8-23(18-24)21-12-14-25(15-13-21)30-17-16-28-19-30/h2-3,5-7,10-17,19-20,23-24,29H,4,8-9,18H2,1H3/t20-,23+,24?/m1/s1. The van der Waals surface area contributed by atoms with Gasteiger partial charge in [0, 0.05) is 30.2 Å². The summed E-state index contributed by atoms with van der Waals surface area (Å²) in [5.41, 5.74) is 4.04. The number of hydrogen-bond donors (Lipinski definition) is 1. The fraction of sp³-hybridized carbons (Fsp3) is 0.296. The van der Waals surface area contributed by atoms with Crippen LogP contribution in [0, 0.1) is 0 Å². The molecule has 152 valence electrons. The van der Waals surface area contributed by atoms with Crippen molar-refractivity contribution in [2.75, 3.05) is 0 Å². The molecule has 0 amide bonds. The van der Waals surface area contributed by atoms with Crippen LogP contribution in [0.5, 0.6) is 0 Å². The van der Waals surface area contributed by atoms with E-state index in [1.54, 1.807) is 0 Å². The fourth-order valence-corrected chi connectivity index (χ4v) is 5.05. The van der Waals surface area contributed by atoms with E-state index in [1.807, 2.05) is 18.7 Å². The number of aromatic nitrogens is 2. The summed E-state index contributed by atoms with van der Waals surface area (Å²) in [5.74, 6) is 0.632. The van der Waals surface area contributed by atoms with Crippen LogP contribution >= 0.6 is 0 Å². The lowest BCUT2D eigenvalue weighted by molar-refractivity contribution is 0.319. The predicted octanol–water partition coefficient (Wildman–Crippen LogP) is 6.40. The Morgan fingerprint density at radius 3 is 2.63 bits per heavy atom. The first-order valence-electron chi connectivity index (χ1n) is 11.1. The summed E-state index contributed by atoms with van der Waals surface area (Å²) in [6.07, 6.45) is 10.7. The molecule has 0 aliphatic heterocycles. The summed E-state index contributed by atoms with van der Waals surface area (Å²) < 4.78 is 2.06. The number of rotatable bonds is 5. The summed E-state index contributed by atoms with van der Waals surface area (Å²) in [6.45, 7) is 2.31. The molecule has 1 heterocycles. The minimum absolute atomic E-state index is 0.350. The second kappa shape index (κ2) is 8.45. The molecular weight excluding hydrogens is 366 g/mol. The van der Waals surface area contributed by atoms with Gasteiger partial charge in [0.25, 0.3) is 0 Å². The van der Waals surface area contributed by atoms with Gasteiger partial charge in [0.15, 0.2) is 0 Å². The molecule has 0 radical (unpaired) electrons. The quantitative estimate of drug-likeness (QED) is 0.423. The molecule has 4 aromatic rings. The number of benzene rings is 3. The van der Waals surface area contributed by atoms with Gasteiger partial charge in [0.2, 0.25) is 0 Å². The van der Waals surface area contributed by atoms with Crippen molar-refractivity contribution in [2.24, 2.45) is 0 Å². The molecule has 0 saturated heterocycles. The molecule has 1 aromatic heterocycles. The van der Waals surface area contributed by atoms with E-state index in [0.717, 1.165) is 0 Å². The average molecular weight is 396 g/mol. The molecule has 1 aliphatic carbocycles. The number of nitrogens with zero attached hydrogens (tertiary/aromatic N) is 2. The summed E-state index contributed by atoms with van der Waals surface area (Å²) >= 11 is 0. The Hall–Kier alpha value is -2.91. The van der Waals surface area contributed by atoms with Crippen molar-refractivity contribution in [2.45, 2.75) is 50.6 Å². The smallest absolute Gasteiger partial charge is 0.0991 e. The Morgan fingerprint density at radius 2 is 1.80 bits per heavy atom. The van der Waals surface area contributed by atoms with Gasteiger partial charge in [-0.15, -0.1) is 0 Å². The van der Waals surface area contributed by atoms with Crippen LogP contribution < -0.4 is 5.32 Å². The zero-order chi connectivity index (χ0) is 20.3. The maximum Gasteiger partial charge on any atom is 0.0991 e. The van der Waals surface area contributed by atoms with Gasteiger partial charge in [-0.05, 0) is 66.1 Å². The van der Waals surface area contributed by atoms with Gasteiger partial charge < -0.3 is 9.88 Å². The van der Waals surface area contributed by atoms with Crippen LogP contribution in [0.15, 0.2) is 85.5 Å². The van der Waals surface area contributed by atoms with Crippen LogP contribution in [0.1, 0.15) is 55.7 Å². The van der Waals surface area contributed by atoms with Crippen molar-refractivity contribution >= 4 is 10.8 Å². The lowest BCUT2D eigenvalue weighted by Gasteiger charge is -2.32. The van der Waals surface area contributed by atoms with Crippen molar-refractivity contribution < 1.29 is 0 Å². The topological polar surface area (TPSA) is 29.9 Å². The van der Waals surface area contributed by atoms with Gasteiger partial charge in [-0.25, -0.2) is 4.98 Å². The first-order valence-corrected chi connectivity index (χ1v) is 11.1. The molecule has 1 aliphatic rings. The molecule has 0 bridgehead atoms. The lowest BCUT2D eigenvalue weighted by atomic mass is 9.81. The second-order valence-corrected chi connectivity index (χ2v) is 8.58. The Labute approximate surface area is 178 Å². The van der Waals surface area contributed by atoms with E-state index in [9.17, 15) is 0 Å². The number of imidazole rings is 1. The first kappa shape index (κ1) is 19.1. The SMILES string of the molecule is C[C@@H](NC1CCC[C@H](c2ccc(-n3ccnc3)cc2)C1)c1cccc2ccccc12. The largest absolute Gasteiger partial charge is 0.307 e. The van der Waals surface area contributed by atoms with Crippen LogP contribution in [0.3, 0.4) is 0 Å². The maximum atomic E-state index is 4.15. The van der Waals surface area contributed by atoms with Crippen LogP contribution in [0.25, 0.3) is 16.5 Å². The summed E-state index contributed by atoms with van der Waals surface area (Å²) in [7, 11) is 0. The van der Waals surface area contributed by atoms with Crippen molar-refractivity contribution in [1.29, 1.82) is 0 Å². The highest BCUT2D eigenvalue weighted by atomic mass is 15.0. The molecule has 3 atom stereocenters. The summed E-state index contributed by atoms with van der Waals surface area (Å²) in [6, 6.07) is 25.3. The highest BCUT2D eigenvalue weighted by Crippen LogP contribution is 2.35. The molecule has 1 unspecified atom stereocenters. The molecular formula is C27H29N3. The van der Waals surface area contributed by atoms with Crippen molar-refractivity contribution in [1.82, 2.24) is 14.9 Å². The molecule has 3 aromatic carbocycles. The van der Waals surface area contributed by atoms with Gasteiger partial charge in [0.05, 0.1) is 6.33 Å². The average Bonchev–Trinajstić information content (AvgIpc) is 3.34. The van der Waals surface area contributed by atoms with E-state index in [0.29, 0.717) is 18.0 Å². The molecule has 1 saturated carbocycles. The molecule has 5 rings (SSSR count). The van der Waals surface area contributed by atoms with Crippen LogP contribution in [0.4, 0.5) is 0 Å². The van der Waals surface area contributed by atoms with Crippen molar-refractivity contribution in [3.8, 4) is 5.69 Å². The van der Waals surface area contributed by atoms with Crippen LogP contribution in [-0.4, -0.2) is 15.6 Å². The number of hydrogen-bond acceptors (Lipinski definition) is 2. The Morgan fingerprint density at radius 1 is 0.967 bits per heavy atom. The van der Waals surface area contributed by atoms with E-state index in [4.69, 9.17) is 0 Å². The van der Waals surface area contributed by atoms with Gasteiger partial charge >= 0.3 is 0 Å². The van der Waals surface area contributed by atoms with Gasteiger partial charge in [-0.3, -0.25) is 0 Å². The highest BCUT2D eigenvalue weighted by Gasteiger charge is 2.25. The second-order valence-electron chi connectivity index (χ2n) is 8.58. The van der Waals surface area contributed by atoms with E-state index in [1.165, 1.54) is 53.3 Å². The number of fused-ring (bicyclic) bond motifs is 1. The van der Waals surface area contributed by atoms with Gasteiger partial charge in [-0.1, -0.05) is 61.0 Å².